The Bertz CT molecular complexity index is 1060. The van der Waals surface area contributed by atoms with Crippen molar-refractivity contribution in [2.24, 2.45) is 0 Å². The molecular formula is C24H24FN3O3. The molecular weight excluding hydrogens is 397 g/mol. The number of hydrogen-bond donors (Lipinski definition) is 0. The predicted molar refractivity (Wildman–Crippen MR) is 113 cm³/mol. The van der Waals surface area contributed by atoms with Crippen molar-refractivity contribution in [3.63, 3.8) is 0 Å². The van der Waals surface area contributed by atoms with E-state index >= 15 is 0 Å². The lowest BCUT2D eigenvalue weighted by Gasteiger charge is -2.30. The molecule has 2 aromatic carbocycles. The highest BCUT2D eigenvalue weighted by Crippen LogP contribution is 2.31. The van der Waals surface area contributed by atoms with E-state index in [1.165, 1.54) is 10.7 Å². The van der Waals surface area contributed by atoms with Gasteiger partial charge in [-0.3, -0.25) is 4.79 Å². The lowest BCUT2D eigenvalue weighted by atomic mass is 10.0. The van der Waals surface area contributed by atoms with Gasteiger partial charge in [-0.1, -0.05) is 42.5 Å². The Morgan fingerprint density at radius 2 is 1.84 bits per heavy atom. The average Bonchev–Trinajstić information content (AvgIpc) is 3.49. The Balaban J connectivity index is 1.64. The molecule has 1 aromatic heterocycles. The first-order chi connectivity index (χ1) is 15.1. The molecule has 6 nitrogen and oxygen atoms in total. The van der Waals surface area contributed by atoms with Gasteiger partial charge in [-0.05, 0) is 43.5 Å². The molecule has 0 bridgehead atoms. The molecule has 1 heterocycles. The van der Waals surface area contributed by atoms with Gasteiger partial charge in [0.2, 0.25) is 0 Å². The van der Waals surface area contributed by atoms with Gasteiger partial charge in [0.25, 0.3) is 5.91 Å². The second-order valence-corrected chi connectivity index (χ2v) is 7.50. The number of esters is 1. The zero-order valence-corrected chi connectivity index (χ0v) is 17.3. The molecule has 0 saturated heterocycles. The summed E-state index contributed by atoms with van der Waals surface area (Å²) in [7, 11) is 0. The summed E-state index contributed by atoms with van der Waals surface area (Å²) in [6, 6.07) is 16.5. The maximum absolute atomic E-state index is 14.1. The van der Waals surface area contributed by atoms with Crippen LogP contribution in [0.5, 0.6) is 0 Å². The molecule has 1 aliphatic carbocycles. The standard InChI is InChI=1S/C24H24FN3O3/c1-2-31-24(30)22(16-17-8-4-3-5-9-17)28(18-12-13-18)23(29)20-14-15-27(26-20)21-11-7-6-10-19(21)25/h3-11,14-15,18,22H,2,12-13,16H2,1H3. The van der Waals surface area contributed by atoms with Crippen LogP contribution in [0.15, 0.2) is 66.9 Å². The minimum absolute atomic E-state index is 0.0378. The molecule has 0 aliphatic heterocycles. The van der Waals surface area contributed by atoms with Gasteiger partial charge in [-0.15, -0.1) is 0 Å². The van der Waals surface area contributed by atoms with Crippen molar-refractivity contribution in [2.75, 3.05) is 6.61 Å². The first-order valence-corrected chi connectivity index (χ1v) is 10.4. The maximum Gasteiger partial charge on any atom is 0.329 e. The third-order valence-electron chi connectivity index (χ3n) is 5.25. The predicted octanol–water partition coefficient (Wildman–Crippen LogP) is 3.79. The van der Waals surface area contributed by atoms with Crippen LogP contribution < -0.4 is 0 Å². The number of carbonyl (C=O) groups excluding carboxylic acids is 2. The van der Waals surface area contributed by atoms with E-state index in [2.05, 4.69) is 5.10 Å². The minimum Gasteiger partial charge on any atom is -0.464 e. The van der Waals surface area contributed by atoms with Crippen molar-refractivity contribution >= 4 is 11.9 Å². The van der Waals surface area contributed by atoms with Crippen LogP contribution in [0.3, 0.4) is 0 Å². The largest absolute Gasteiger partial charge is 0.464 e. The van der Waals surface area contributed by atoms with Crippen molar-refractivity contribution < 1.29 is 18.7 Å². The van der Waals surface area contributed by atoms with E-state index in [-0.39, 0.29) is 29.9 Å². The number of hydrogen-bond acceptors (Lipinski definition) is 4. The average molecular weight is 421 g/mol. The third-order valence-corrected chi connectivity index (χ3v) is 5.25. The van der Waals surface area contributed by atoms with Crippen LogP contribution in [-0.4, -0.2) is 45.2 Å². The summed E-state index contributed by atoms with van der Waals surface area (Å²) in [4.78, 5) is 27.9. The third kappa shape index (κ3) is 4.66. The second kappa shape index (κ2) is 9.12. The Labute approximate surface area is 180 Å². The molecule has 1 saturated carbocycles. The summed E-state index contributed by atoms with van der Waals surface area (Å²) in [5.74, 6) is -1.22. The number of rotatable bonds is 8. The van der Waals surface area contributed by atoms with Crippen molar-refractivity contribution in [3.8, 4) is 5.69 Å². The van der Waals surface area contributed by atoms with E-state index in [1.54, 1.807) is 42.3 Å². The van der Waals surface area contributed by atoms with Gasteiger partial charge in [0.1, 0.15) is 17.5 Å². The SMILES string of the molecule is CCOC(=O)C(Cc1ccccc1)N(C(=O)c1ccn(-c2ccccc2F)n1)C1CC1. The summed E-state index contributed by atoms with van der Waals surface area (Å²) < 4.78 is 20.8. The molecule has 0 N–H and O–H groups in total. The number of para-hydroxylation sites is 1. The van der Waals surface area contributed by atoms with E-state index in [0.29, 0.717) is 6.42 Å². The zero-order valence-electron chi connectivity index (χ0n) is 17.3. The Morgan fingerprint density at radius 1 is 1.13 bits per heavy atom. The number of nitrogens with zero attached hydrogens (tertiary/aromatic N) is 3. The highest BCUT2D eigenvalue weighted by atomic mass is 19.1. The van der Waals surface area contributed by atoms with Crippen LogP contribution in [-0.2, 0) is 16.0 Å². The zero-order chi connectivity index (χ0) is 21.8. The van der Waals surface area contributed by atoms with Crippen molar-refractivity contribution in [1.29, 1.82) is 0 Å². The van der Waals surface area contributed by atoms with E-state index in [9.17, 15) is 14.0 Å². The first-order valence-electron chi connectivity index (χ1n) is 10.4. The summed E-state index contributed by atoms with van der Waals surface area (Å²) in [6.45, 7) is 1.98. The van der Waals surface area contributed by atoms with E-state index in [1.807, 2.05) is 30.3 Å². The fraction of sp³-hybridized carbons (Fsp3) is 0.292. The molecule has 0 spiro atoms. The van der Waals surface area contributed by atoms with Crippen LogP contribution >= 0.6 is 0 Å². The minimum atomic E-state index is -0.749. The molecule has 4 rings (SSSR count). The molecule has 7 heteroatoms. The van der Waals surface area contributed by atoms with Crippen LogP contribution in [0.1, 0.15) is 35.8 Å². The van der Waals surface area contributed by atoms with Gasteiger partial charge in [0.15, 0.2) is 5.69 Å². The van der Waals surface area contributed by atoms with Gasteiger partial charge in [-0.2, -0.15) is 5.10 Å². The summed E-state index contributed by atoms with van der Waals surface area (Å²) in [5.41, 5.74) is 1.36. The smallest absolute Gasteiger partial charge is 0.329 e. The molecule has 1 fully saturated rings. The van der Waals surface area contributed by atoms with Crippen LogP contribution in [0.2, 0.25) is 0 Å². The second-order valence-electron chi connectivity index (χ2n) is 7.50. The first kappa shape index (κ1) is 20.8. The molecule has 160 valence electrons. The number of benzene rings is 2. The van der Waals surface area contributed by atoms with Crippen molar-refractivity contribution in [2.45, 2.75) is 38.3 Å². The molecule has 3 aromatic rings. The monoisotopic (exact) mass is 421 g/mol. The highest BCUT2D eigenvalue weighted by Gasteiger charge is 2.42. The van der Waals surface area contributed by atoms with Gasteiger partial charge in [-0.25, -0.2) is 13.9 Å². The highest BCUT2D eigenvalue weighted by molar-refractivity contribution is 5.95. The summed E-state index contributed by atoms with van der Waals surface area (Å²) in [6.07, 6.45) is 3.55. The van der Waals surface area contributed by atoms with E-state index < -0.39 is 17.8 Å². The Morgan fingerprint density at radius 3 is 2.52 bits per heavy atom. The normalized spacial score (nSPS) is 14.1. The number of halogens is 1. The van der Waals surface area contributed by atoms with Gasteiger partial charge in [0.05, 0.1) is 6.61 Å². The van der Waals surface area contributed by atoms with Crippen molar-refractivity contribution in [1.82, 2.24) is 14.7 Å². The van der Waals surface area contributed by atoms with Crippen LogP contribution in [0.25, 0.3) is 5.69 Å². The fourth-order valence-electron chi connectivity index (χ4n) is 3.63. The maximum atomic E-state index is 14.1. The number of amides is 1. The molecule has 1 atom stereocenters. The Hall–Kier alpha value is -3.48. The van der Waals surface area contributed by atoms with Gasteiger partial charge < -0.3 is 9.64 Å². The van der Waals surface area contributed by atoms with Gasteiger partial charge in [0, 0.05) is 18.7 Å². The fourth-order valence-corrected chi connectivity index (χ4v) is 3.63. The molecule has 0 radical (unpaired) electrons. The number of ether oxygens (including phenoxy) is 1. The molecule has 1 amide bonds. The molecule has 1 unspecified atom stereocenters. The molecule has 31 heavy (non-hydrogen) atoms. The topological polar surface area (TPSA) is 64.4 Å². The molecule has 1 aliphatic rings. The quantitative estimate of drug-likeness (QED) is 0.519. The van der Waals surface area contributed by atoms with E-state index in [4.69, 9.17) is 4.74 Å². The van der Waals surface area contributed by atoms with Gasteiger partial charge >= 0.3 is 5.97 Å². The van der Waals surface area contributed by atoms with Crippen LogP contribution in [0.4, 0.5) is 4.39 Å². The Kier molecular flexibility index (Phi) is 6.11. The summed E-state index contributed by atoms with van der Waals surface area (Å²) in [5, 5.41) is 4.30. The van der Waals surface area contributed by atoms with Crippen LogP contribution in [0, 0.1) is 5.82 Å². The lowest BCUT2D eigenvalue weighted by molar-refractivity contribution is -0.148. The number of aromatic nitrogens is 2. The van der Waals surface area contributed by atoms with Crippen molar-refractivity contribution in [3.05, 3.63) is 83.9 Å². The number of carbonyl (C=O) groups is 2. The van der Waals surface area contributed by atoms with E-state index in [0.717, 1.165) is 18.4 Å². The summed E-state index contributed by atoms with van der Waals surface area (Å²) >= 11 is 0. The lowest BCUT2D eigenvalue weighted by Crippen LogP contribution is -2.48.